The molecule has 1 aromatic carbocycles. The Kier molecular flexibility index (Phi) is 5.77. The van der Waals surface area contributed by atoms with Crippen LogP contribution in [-0.2, 0) is 6.54 Å². The van der Waals surface area contributed by atoms with Gasteiger partial charge in [-0.25, -0.2) is 0 Å². The zero-order valence-corrected chi connectivity index (χ0v) is 15.8. The SMILES string of the molecule is O=C(NC1CCCN(Cc2cccnc2)CC1)c1conc1-c1ccccc1. The maximum Gasteiger partial charge on any atom is 0.257 e. The van der Waals surface area contributed by atoms with Crippen molar-refractivity contribution in [3.05, 3.63) is 72.2 Å². The first-order valence-electron chi connectivity index (χ1n) is 9.71. The molecule has 0 saturated carbocycles. The molecule has 3 aromatic rings. The third-order valence-electron chi connectivity index (χ3n) is 5.15. The number of hydrogen-bond donors (Lipinski definition) is 1. The lowest BCUT2D eigenvalue weighted by molar-refractivity contribution is 0.0933. The van der Waals surface area contributed by atoms with Crippen LogP contribution in [0.5, 0.6) is 0 Å². The molecule has 1 aliphatic heterocycles. The second kappa shape index (κ2) is 8.80. The number of carbonyl (C=O) groups excluding carboxylic acids is 1. The van der Waals surface area contributed by atoms with Gasteiger partial charge in [0.05, 0.1) is 0 Å². The number of carbonyl (C=O) groups is 1. The summed E-state index contributed by atoms with van der Waals surface area (Å²) in [5.41, 5.74) is 3.18. The summed E-state index contributed by atoms with van der Waals surface area (Å²) in [5, 5.41) is 7.21. The standard InChI is InChI=1S/C22H24N4O2/c27-22(20-16-28-25-21(20)18-7-2-1-3-8-18)24-19-9-5-12-26(13-10-19)15-17-6-4-11-23-14-17/h1-4,6-8,11,14,16,19H,5,9-10,12-13,15H2,(H,24,27). The molecule has 4 rings (SSSR count). The van der Waals surface area contributed by atoms with E-state index < -0.39 is 0 Å². The van der Waals surface area contributed by atoms with E-state index in [-0.39, 0.29) is 11.9 Å². The molecule has 0 radical (unpaired) electrons. The second-order valence-electron chi connectivity index (χ2n) is 7.18. The predicted octanol–water partition coefficient (Wildman–Crippen LogP) is 3.52. The maximum absolute atomic E-state index is 12.8. The normalized spacial score (nSPS) is 17.8. The number of rotatable bonds is 5. The van der Waals surface area contributed by atoms with Crippen LogP contribution in [0.4, 0.5) is 0 Å². The Morgan fingerprint density at radius 2 is 2.04 bits per heavy atom. The first kappa shape index (κ1) is 18.4. The van der Waals surface area contributed by atoms with Gasteiger partial charge in [-0.1, -0.05) is 41.6 Å². The fourth-order valence-electron chi connectivity index (χ4n) is 3.67. The highest BCUT2D eigenvalue weighted by atomic mass is 16.5. The van der Waals surface area contributed by atoms with Crippen molar-refractivity contribution in [1.82, 2.24) is 20.4 Å². The monoisotopic (exact) mass is 376 g/mol. The number of likely N-dealkylation sites (tertiary alicyclic amines) is 1. The molecule has 1 N–H and O–H groups in total. The molecule has 1 atom stereocenters. The highest BCUT2D eigenvalue weighted by molar-refractivity contribution is 5.99. The summed E-state index contributed by atoms with van der Waals surface area (Å²) in [5.74, 6) is -0.120. The number of nitrogens with one attached hydrogen (secondary N) is 1. The van der Waals surface area contributed by atoms with E-state index >= 15 is 0 Å². The molecule has 144 valence electrons. The highest BCUT2D eigenvalue weighted by Crippen LogP contribution is 2.22. The van der Waals surface area contributed by atoms with Gasteiger partial charge in [0.25, 0.3) is 5.91 Å². The van der Waals surface area contributed by atoms with Crippen molar-refractivity contribution in [2.75, 3.05) is 13.1 Å². The molecule has 1 unspecified atom stereocenters. The van der Waals surface area contributed by atoms with Gasteiger partial charge in [0.15, 0.2) is 0 Å². The van der Waals surface area contributed by atoms with Crippen LogP contribution >= 0.6 is 0 Å². The predicted molar refractivity (Wildman–Crippen MR) is 107 cm³/mol. The topological polar surface area (TPSA) is 71.3 Å². The molecular formula is C22H24N4O2. The third kappa shape index (κ3) is 4.46. The molecule has 1 fully saturated rings. The number of hydrogen-bond acceptors (Lipinski definition) is 5. The van der Waals surface area contributed by atoms with E-state index in [1.54, 1.807) is 6.20 Å². The minimum atomic E-state index is -0.120. The number of amides is 1. The van der Waals surface area contributed by atoms with Gasteiger partial charge < -0.3 is 9.84 Å². The molecule has 3 heterocycles. The van der Waals surface area contributed by atoms with Gasteiger partial charge in [0, 0.05) is 37.1 Å². The average Bonchev–Trinajstić information content (AvgIpc) is 3.13. The Morgan fingerprint density at radius 1 is 1.14 bits per heavy atom. The van der Waals surface area contributed by atoms with Crippen molar-refractivity contribution in [1.29, 1.82) is 0 Å². The Bertz CT molecular complexity index is 895. The lowest BCUT2D eigenvalue weighted by Crippen LogP contribution is -2.35. The molecule has 1 aliphatic rings. The van der Waals surface area contributed by atoms with E-state index in [2.05, 4.69) is 26.4 Å². The molecule has 0 bridgehead atoms. The van der Waals surface area contributed by atoms with Crippen molar-refractivity contribution in [3.63, 3.8) is 0 Å². The summed E-state index contributed by atoms with van der Waals surface area (Å²) in [4.78, 5) is 19.4. The van der Waals surface area contributed by atoms with E-state index in [0.717, 1.165) is 44.5 Å². The summed E-state index contributed by atoms with van der Waals surface area (Å²) in [6.45, 7) is 2.89. The lowest BCUT2D eigenvalue weighted by Gasteiger charge is -2.20. The second-order valence-corrected chi connectivity index (χ2v) is 7.18. The minimum absolute atomic E-state index is 0.120. The molecule has 0 aliphatic carbocycles. The van der Waals surface area contributed by atoms with Gasteiger partial charge in [-0.3, -0.25) is 14.7 Å². The fourth-order valence-corrected chi connectivity index (χ4v) is 3.67. The zero-order chi connectivity index (χ0) is 19.2. The van der Waals surface area contributed by atoms with Crippen molar-refractivity contribution >= 4 is 5.91 Å². The summed E-state index contributed by atoms with van der Waals surface area (Å²) in [7, 11) is 0. The van der Waals surface area contributed by atoms with Gasteiger partial charge >= 0.3 is 0 Å². The molecular weight excluding hydrogens is 352 g/mol. The van der Waals surface area contributed by atoms with Crippen molar-refractivity contribution in [3.8, 4) is 11.3 Å². The Labute approximate surface area is 164 Å². The summed E-state index contributed by atoms with van der Waals surface area (Å²) < 4.78 is 5.09. The maximum atomic E-state index is 12.8. The Morgan fingerprint density at radius 3 is 2.86 bits per heavy atom. The van der Waals surface area contributed by atoms with E-state index in [0.29, 0.717) is 11.3 Å². The number of aromatic nitrogens is 2. The Hall–Kier alpha value is -2.99. The third-order valence-corrected chi connectivity index (χ3v) is 5.15. The average molecular weight is 376 g/mol. The van der Waals surface area contributed by atoms with Gasteiger partial charge in [-0.15, -0.1) is 0 Å². The van der Waals surface area contributed by atoms with E-state index in [1.165, 1.54) is 11.8 Å². The van der Waals surface area contributed by atoms with Crippen LogP contribution in [0.25, 0.3) is 11.3 Å². The molecule has 2 aromatic heterocycles. The smallest absolute Gasteiger partial charge is 0.257 e. The zero-order valence-electron chi connectivity index (χ0n) is 15.8. The molecule has 0 spiro atoms. The largest absolute Gasteiger partial charge is 0.363 e. The lowest BCUT2D eigenvalue weighted by atomic mass is 10.1. The van der Waals surface area contributed by atoms with Crippen LogP contribution in [0.1, 0.15) is 35.2 Å². The number of nitrogens with zero attached hydrogens (tertiary/aromatic N) is 3. The Balaban J connectivity index is 1.36. The van der Waals surface area contributed by atoms with E-state index in [4.69, 9.17) is 4.52 Å². The molecule has 6 heteroatoms. The number of pyridine rings is 1. The van der Waals surface area contributed by atoms with Gasteiger partial charge in [0.2, 0.25) is 0 Å². The van der Waals surface area contributed by atoms with Gasteiger partial charge in [-0.2, -0.15) is 0 Å². The minimum Gasteiger partial charge on any atom is -0.363 e. The van der Waals surface area contributed by atoms with E-state index in [1.807, 2.05) is 42.6 Å². The molecule has 6 nitrogen and oxygen atoms in total. The van der Waals surface area contributed by atoms with Gasteiger partial charge in [-0.05, 0) is 37.4 Å². The molecule has 1 amide bonds. The molecule has 1 saturated heterocycles. The van der Waals surface area contributed by atoms with Crippen molar-refractivity contribution < 1.29 is 9.32 Å². The van der Waals surface area contributed by atoms with Crippen molar-refractivity contribution in [2.24, 2.45) is 0 Å². The van der Waals surface area contributed by atoms with Gasteiger partial charge in [0.1, 0.15) is 17.5 Å². The van der Waals surface area contributed by atoms with Crippen LogP contribution in [0.15, 0.2) is 65.6 Å². The van der Waals surface area contributed by atoms with Crippen LogP contribution in [0.3, 0.4) is 0 Å². The fraction of sp³-hybridized carbons (Fsp3) is 0.318. The summed E-state index contributed by atoms with van der Waals surface area (Å²) in [6.07, 6.45) is 8.11. The van der Waals surface area contributed by atoms with Crippen LogP contribution < -0.4 is 5.32 Å². The quantitative estimate of drug-likeness (QED) is 0.738. The van der Waals surface area contributed by atoms with Crippen molar-refractivity contribution in [2.45, 2.75) is 31.8 Å². The van der Waals surface area contributed by atoms with Crippen LogP contribution in [-0.4, -0.2) is 40.1 Å². The highest BCUT2D eigenvalue weighted by Gasteiger charge is 2.22. The first-order chi connectivity index (χ1) is 13.8. The molecule has 28 heavy (non-hydrogen) atoms. The van der Waals surface area contributed by atoms with E-state index in [9.17, 15) is 4.79 Å². The van der Waals surface area contributed by atoms with Crippen LogP contribution in [0.2, 0.25) is 0 Å². The summed E-state index contributed by atoms with van der Waals surface area (Å²) >= 11 is 0. The first-order valence-corrected chi connectivity index (χ1v) is 9.71. The summed E-state index contributed by atoms with van der Waals surface area (Å²) in [6, 6.07) is 13.9. The van der Waals surface area contributed by atoms with Crippen LogP contribution in [0, 0.1) is 0 Å². The number of benzene rings is 1.